The van der Waals surface area contributed by atoms with Gasteiger partial charge in [-0.15, -0.1) is 5.10 Å². The van der Waals surface area contributed by atoms with E-state index in [2.05, 4.69) is 38.2 Å². The van der Waals surface area contributed by atoms with Crippen LogP contribution in [0, 0.1) is 10.5 Å². The van der Waals surface area contributed by atoms with E-state index in [-0.39, 0.29) is 11.6 Å². The van der Waals surface area contributed by atoms with Gasteiger partial charge in [-0.1, -0.05) is 5.21 Å². The zero-order valence-electron chi connectivity index (χ0n) is 10.4. The normalized spacial score (nSPS) is 10.5. The number of nitrogens with two attached hydrogens (primary N) is 1. The van der Waals surface area contributed by atoms with E-state index in [9.17, 15) is 4.79 Å². The third-order valence-corrected chi connectivity index (χ3v) is 3.24. The molecule has 1 aromatic carbocycles. The number of aryl methyl sites for hydroxylation is 1. The monoisotopic (exact) mass is 371 g/mol. The van der Waals surface area contributed by atoms with Gasteiger partial charge in [-0.3, -0.25) is 9.48 Å². The predicted molar refractivity (Wildman–Crippen MR) is 80.9 cm³/mol. The molecule has 100 valence electrons. The molecule has 0 saturated carbocycles. The third-order valence-electron chi connectivity index (χ3n) is 2.57. The number of rotatable bonds is 4. The van der Waals surface area contributed by atoms with Crippen molar-refractivity contribution in [1.29, 1.82) is 0 Å². The van der Waals surface area contributed by atoms with Crippen LogP contribution in [0.15, 0.2) is 24.4 Å². The Labute approximate surface area is 124 Å². The average Bonchev–Trinajstić information content (AvgIpc) is 2.82. The molecule has 2 rings (SSSR count). The molecule has 0 bridgehead atoms. The van der Waals surface area contributed by atoms with Crippen molar-refractivity contribution in [3.05, 3.63) is 39.2 Å². The molecule has 19 heavy (non-hydrogen) atoms. The van der Waals surface area contributed by atoms with Gasteiger partial charge in [0.1, 0.15) is 0 Å². The molecule has 0 aliphatic heterocycles. The Morgan fingerprint density at radius 1 is 1.53 bits per heavy atom. The number of carbonyl (C=O) groups excluding carboxylic acids is 1. The Morgan fingerprint density at radius 2 is 2.32 bits per heavy atom. The van der Waals surface area contributed by atoms with Gasteiger partial charge in [-0.05, 0) is 53.3 Å². The number of aromatic nitrogens is 3. The van der Waals surface area contributed by atoms with Gasteiger partial charge in [0.2, 0.25) is 0 Å². The smallest absolute Gasteiger partial charge is 0.277 e. The second-order valence-corrected chi connectivity index (χ2v) is 5.31. The zero-order valence-corrected chi connectivity index (χ0v) is 12.6. The largest absolute Gasteiger partial charge is 0.329 e. The summed E-state index contributed by atoms with van der Waals surface area (Å²) in [4.78, 5) is 12.0. The molecule has 0 unspecified atom stereocenters. The molecule has 0 spiro atoms. The molecule has 1 aromatic heterocycles. The number of benzene rings is 1. The second kappa shape index (κ2) is 6.11. The number of nitrogens with zero attached hydrogens (tertiary/aromatic N) is 3. The van der Waals surface area contributed by atoms with Crippen molar-refractivity contribution in [2.45, 2.75) is 13.5 Å². The highest BCUT2D eigenvalue weighted by Gasteiger charge is 2.12. The maximum Gasteiger partial charge on any atom is 0.277 e. The van der Waals surface area contributed by atoms with E-state index >= 15 is 0 Å². The lowest BCUT2D eigenvalue weighted by atomic mass is 10.2. The molecule has 0 atom stereocenters. The minimum absolute atomic E-state index is 0.271. The van der Waals surface area contributed by atoms with Crippen LogP contribution in [0.25, 0.3) is 0 Å². The molecule has 3 N–H and O–H groups in total. The minimum Gasteiger partial charge on any atom is -0.329 e. The number of hydrogen-bond donors (Lipinski definition) is 2. The van der Waals surface area contributed by atoms with E-state index in [1.54, 1.807) is 10.9 Å². The van der Waals surface area contributed by atoms with Crippen LogP contribution in [-0.4, -0.2) is 27.4 Å². The van der Waals surface area contributed by atoms with E-state index < -0.39 is 0 Å². The lowest BCUT2D eigenvalue weighted by Crippen LogP contribution is -2.13. The summed E-state index contributed by atoms with van der Waals surface area (Å²) in [6.07, 6.45) is 1.59. The van der Waals surface area contributed by atoms with Crippen LogP contribution in [0.1, 0.15) is 16.1 Å². The molecule has 7 heteroatoms. The van der Waals surface area contributed by atoms with E-state index in [4.69, 9.17) is 5.73 Å². The zero-order chi connectivity index (χ0) is 13.8. The molecule has 0 fully saturated rings. The Morgan fingerprint density at radius 3 is 3.00 bits per heavy atom. The minimum atomic E-state index is -0.271. The van der Waals surface area contributed by atoms with Crippen molar-refractivity contribution in [2.75, 3.05) is 11.9 Å². The van der Waals surface area contributed by atoms with Crippen LogP contribution in [0.3, 0.4) is 0 Å². The Bertz CT molecular complexity index is 596. The molecule has 0 aliphatic carbocycles. The Balaban J connectivity index is 2.11. The lowest BCUT2D eigenvalue weighted by Gasteiger charge is -2.06. The van der Waals surface area contributed by atoms with Gasteiger partial charge in [0.05, 0.1) is 12.7 Å². The van der Waals surface area contributed by atoms with Crippen molar-refractivity contribution in [3.63, 3.8) is 0 Å². The summed E-state index contributed by atoms with van der Waals surface area (Å²) in [5.74, 6) is -0.271. The predicted octanol–water partition coefficient (Wildman–Crippen LogP) is 1.40. The first-order valence-electron chi connectivity index (χ1n) is 5.78. The van der Waals surface area contributed by atoms with Crippen LogP contribution in [0.2, 0.25) is 0 Å². The maximum atomic E-state index is 12.0. The quantitative estimate of drug-likeness (QED) is 0.796. The number of carbonyl (C=O) groups is 1. The molecule has 2 aromatic rings. The van der Waals surface area contributed by atoms with Gasteiger partial charge in [0.15, 0.2) is 5.69 Å². The van der Waals surface area contributed by atoms with Crippen LogP contribution in [0.4, 0.5) is 5.69 Å². The van der Waals surface area contributed by atoms with Crippen molar-refractivity contribution in [3.8, 4) is 0 Å². The number of anilines is 1. The molecule has 0 aliphatic rings. The van der Waals surface area contributed by atoms with Crippen molar-refractivity contribution in [1.82, 2.24) is 15.0 Å². The first kappa shape index (κ1) is 13.9. The SMILES string of the molecule is Cc1cc(I)ccc1NC(=O)c1cn(CCN)nn1. The van der Waals surface area contributed by atoms with Gasteiger partial charge in [0, 0.05) is 15.8 Å². The van der Waals surface area contributed by atoms with Gasteiger partial charge in [0.25, 0.3) is 5.91 Å². The first-order valence-corrected chi connectivity index (χ1v) is 6.85. The molecule has 6 nitrogen and oxygen atoms in total. The highest BCUT2D eigenvalue weighted by atomic mass is 127. The standard InChI is InChI=1S/C12H14IN5O/c1-8-6-9(13)2-3-10(8)15-12(19)11-7-18(5-4-14)17-16-11/h2-3,6-7H,4-5,14H2,1H3,(H,15,19). The van der Waals surface area contributed by atoms with Gasteiger partial charge >= 0.3 is 0 Å². The number of halogens is 1. The summed E-state index contributed by atoms with van der Waals surface area (Å²) in [6.45, 7) is 2.95. The first-order chi connectivity index (χ1) is 9.10. The highest BCUT2D eigenvalue weighted by Crippen LogP contribution is 2.18. The fourth-order valence-electron chi connectivity index (χ4n) is 1.60. The van der Waals surface area contributed by atoms with Gasteiger partial charge < -0.3 is 11.1 Å². The fourth-order valence-corrected chi connectivity index (χ4v) is 2.24. The lowest BCUT2D eigenvalue weighted by molar-refractivity contribution is 0.102. The van der Waals surface area contributed by atoms with E-state index in [1.165, 1.54) is 0 Å². The summed E-state index contributed by atoms with van der Waals surface area (Å²) < 4.78 is 2.68. The number of nitrogens with one attached hydrogen (secondary N) is 1. The topological polar surface area (TPSA) is 85.8 Å². The summed E-state index contributed by atoms with van der Waals surface area (Å²) in [5, 5.41) is 10.5. The van der Waals surface area contributed by atoms with Crippen LogP contribution >= 0.6 is 22.6 Å². The number of amides is 1. The Hall–Kier alpha value is -1.48. The van der Waals surface area contributed by atoms with Crippen molar-refractivity contribution < 1.29 is 4.79 Å². The summed E-state index contributed by atoms with van der Waals surface area (Å²) in [6, 6.07) is 5.81. The summed E-state index contributed by atoms with van der Waals surface area (Å²) in [7, 11) is 0. The maximum absolute atomic E-state index is 12.0. The second-order valence-electron chi connectivity index (χ2n) is 4.07. The molecular weight excluding hydrogens is 357 g/mol. The number of hydrogen-bond acceptors (Lipinski definition) is 4. The van der Waals surface area contributed by atoms with Crippen molar-refractivity contribution in [2.24, 2.45) is 5.73 Å². The van der Waals surface area contributed by atoms with Crippen molar-refractivity contribution >= 4 is 34.2 Å². The van der Waals surface area contributed by atoms with Crippen LogP contribution < -0.4 is 11.1 Å². The molecule has 1 amide bonds. The van der Waals surface area contributed by atoms with Gasteiger partial charge in [-0.2, -0.15) is 0 Å². The fraction of sp³-hybridized carbons (Fsp3) is 0.250. The molecule has 1 heterocycles. The summed E-state index contributed by atoms with van der Waals surface area (Å²) in [5.41, 5.74) is 7.48. The molecule has 0 saturated heterocycles. The van der Waals surface area contributed by atoms with E-state index in [0.29, 0.717) is 13.1 Å². The molecule has 0 radical (unpaired) electrons. The third kappa shape index (κ3) is 3.51. The average molecular weight is 371 g/mol. The van der Waals surface area contributed by atoms with E-state index in [1.807, 2.05) is 25.1 Å². The summed E-state index contributed by atoms with van der Waals surface area (Å²) >= 11 is 2.23. The molecular formula is C12H14IN5O. The van der Waals surface area contributed by atoms with Crippen LogP contribution in [-0.2, 0) is 6.54 Å². The van der Waals surface area contributed by atoms with Gasteiger partial charge in [-0.25, -0.2) is 0 Å². The Kier molecular flexibility index (Phi) is 4.48. The van der Waals surface area contributed by atoms with Crippen LogP contribution in [0.5, 0.6) is 0 Å². The highest BCUT2D eigenvalue weighted by molar-refractivity contribution is 14.1. The van der Waals surface area contributed by atoms with E-state index in [0.717, 1.165) is 14.8 Å².